The number of nitrogens with zero attached hydrogens (tertiary/aromatic N) is 1. The molecule has 0 bridgehead atoms. The van der Waals surface area contributed by atoms with E-state index in [0.717, 1.165) is 12.5 Å². The highest BCUT2D eigenvalue weighted by atomic mass is 32.2. The predicted octanol–water partition coefficient (Wildman–Crippen LogP) is 1.10. The summed E-state index contributed by atoms with van der Waals surface area (Å²) in [6.45, 7) is 1.19. The molecule has 0 spiro atoms. The summed E-state index contributed by atoms with van der Waals surface area (Å²) in [6.07, 6.45) is 1.88. The lowest BCUT2D eigenvalue weighted by Gasteiger charge is -2.40. The second-order valence-corrected chi connectivity index (χ2v) is 6.70. The van der Waals surface area contributed by atoms with Crippen LogP contribution < -0.4 is 4.72 Å². The molecule has 0 radical (unpaired) electrons. The van der Waals surface area contributed by atoms with Gasteiger partial charge in [-0.05, 0) is 31.7 Å². The molecule has 2 rings (SSSR count). The first-order valence-electron chi connectivity index (χ1n) is 6.20. The lowest BCUT2D eigenvalue weighted by atomic mass is 9.78. The van der Waals surface area contributed by atoms with Crippen LogP contribution in [0.2, 0.25) is 0 Å². The average Bonchev–Trinajstić information content (AvgIpc) is 2.33. The summed E-state index contributed by atoms with van der Waals surface area (Å²) in [5.74, 6) is 0. The van der Waals surface area contributed by atoms with Crippen LogP contribution in [0.25, 0.3) is 0 Å². The number of benzene rings is 1. The van der Waals surface area contributed by atoms with Crippen LogP contribution in [-0.2, 0) is 10.0 Å². The minimum absolute atomic E-state index is 0.305. The summed E-state index contributed by atoms with van der Waals surface area (Å²) in [4.78, 5) is 9.96. The Hall–Kier alpha value is -1.51. The van der Waals surface area contributed by atoms with E-state index in [1.54, 1.807) is 0 Å². The van der Waals surface area contributed by atoms with Crippen molar-refractivity contribution in [2.24, 2.45) is 0 Å². The van der Waals surface area contributed by atoms with Gasteiger partial charge in [-0.1, -0.05) is 12.1 Å². The summed E-state index contributed by atoms with van der Waals surface area (Å²) in [6, 6.07) is 4.11. The number of nitro groups is 1. The van der Waals surface area contributed by atoms with Crippen LogP contribution >= 0.6 is 0 Å². The molecule has 1 aromatic rings. The molecule has 110 valence electrons. The monoisotopic (exact) mass is 300 g/mol. The van der Waals surface area contributed by atoms with Gasteiger partial charge in [0.1, 0.15) is 0 Å². The van der Waals surface area contributed by atoms with Crippen LogP contribution in [0.5, 0.6) is 0 Å². The first-order chi connectivity index (χ1) is 9.31. The number of hydrogen-bond donors (Lipinski definition) is 2. The molecule has 0 amide bonds. The van der Waals surface area contributed by atoms with Crippen molar-refractivity contribution < 1.29 is 18.4 Å². The Morgan fingerprint density at radius 1 is 1.45 bits per heavy atom. The number of nitro benzene ring substituents is 1. The zero-order valence-electron chi connectivity index (χ0n) is 11.0. The van der Waals surface area contributed by atoms with E-state index in [-0.39, 0.29) is 11.5 Å². The zero-order valence-corrected chi connectivity index (χ0v) is 11.8. The lowest BCUT2D eigenvalue weighted by Crippen LogP contribution is -2.56. The molecular weight excluding hydrogens is 284 g/mol. The minimum Gasteiger partial charge on any atom is -0.394 e. The summed E-state index contributed by atoms with van der Waals surface area (Å²) in [5, 5.41) is 20.3. The Labute approximate surface area is 116 Å². The van der Waals surface area contributed by atoms with E-state index >= 15 is 0 Å². The Morgan fingerprint density at radius 2 is 2.10 bits per heavy atom. The van der Waals surface area contributed by atoms with E-state index in [2.05, 4.69) is 4.72 Å². The Bertz CT molecular complexity index is 632. The predicted molar refractivity (Wildman–Crippen MR) is 71.8 cm³/mol. The van der Waals surface area contributed by atoms with Gasteiger partial charge in [-0.15, -0.1) is 0 Å². The Balaban J connectivity index is 2.47. The molecule has 0 heterocycles. The van der Waals surface area contributed by atoms with E-state index in [9.17, 15) is 23.6 Å². The molecule has 1 aliphatic rings. The van der Waals surface area contributed by atoms with Crippen LogP contribution in [0.3, 0.4) is 0 Å². The van der Waals surface area contributed by atoms with Crippen LogP contribution in [0.1, 0.15) is 24.8 Å². The quantitative estimate of drug-likeness (QED) is 0.625. The third-order valence-corrected chi connectivity index (χ3v) is 5.39. The fraction of sp³-hybridized carbons (Fsp3) is 0.500. The number of sulfonamides is 1. The molecule has 1 aliphatic carbocycles. The molecule has 1 saturated carbocycles. The highest BCUT2D eigenvalue weighted by Gasteiger charge is 2.42. The number of nitrogens with one attached hydrogen (secondary N) is 1. The van der Waals surface area contributed by atoms with Crippen molar-refractivity contribution in [3.63, 3.8) is 0 Å². The van der Waals surface area contributed by atoms with E-state index < -0.39 is 26.2 Å². The van der Waals surface area contributed by atoms with E-state index in [1.165, 1.54) is 19.1 Å². The lowest BCUT2D eigenvalue weighted by molar-refractivity contribution is -0.387. The van der Waals surface area contributed by atoms with Crippen molar-refractivity contribution >= 4 is 15.7 Å². The summed E-state index contributed by atoms with van der Waals surface area (Å²) < 4.78 is 27.3. The minimum atomic E-state index is -4.05. The van der Waals surface area contributed by atoms with Crippen molar-refractivity contribution in [2.75, 3.05) is 6.61 Å². The molecular formula is C12H16N2O5S. The van der Waals surface area contributed by atoms with Gasteiger partial charge in [0.05, 0.1) is 17.1 Å². The fourth-order valence-electron chi connectivity index (χ4n) is 2.36. The van der Waals surface area contributed by atoms with Gasteiger partial charge < -0.3 is 5.11 Å². The second-order valence-electron chi connectivity index (χ2n) is 5.08. The molecule has 0 saturated heterocycles. The molecule has 0 aliphatic heterocycles. The summed E-state index contributed by atoms with van der Waals surface area (Å²) in [5.41, 5.74) is -1.03. The number of aryl methyl sites for hydroxylation is 1. The van der Waals surface area contributed by atoms with Gasteiger partial charge in [0.2, 0.25) is 10.0 Å². The van der Waals surface area contributed by atoms with Gasteiger partial charge in [0.25, 0.3) is 5.69 Å². The van der Waals surface area contributed by atoms with E-state index in [4.69, 9.17) is 0 Å². The van der Waals surface area contributed by atoms with Gasteiger partial charge in [-0.3, -0.25) is 10.1 Å². The molecule has 1 fully saturated rings. The zero-order chi connectivity index (χ0) is 15.0. The van der Waals surface area contributed by atoms with Crippen molar-refractivity contribution in [3.8, 4) is 0 Å². The molecule has 8 heteroatoms. The normalized spacial score (nSPS) is 17.5. The molecule has 1 aromatic carbocycles. The molecule has 7 nitrogen and oxygen atoms in total. The van der Waals surface area contributed by atoms with Crippen LogP contribution in [0, 0.1) is 17.0 Å². The fourth-order valence-corrected chi connectivity index (χ4v) is 4.21. The van der Waals surface area contributed by atoms with Crippen molar-refractivity contribution in [3.05, 3.63) is 33.9 Å². The molecule has 0 atom stereocenters. The Kier molecular flexibility index (Phi) is 3.81. The standard InChI is InChI=1S/C12H16N2O5S/c1-9-4-2-5-10(14(16)17)11(9)20(18,19)13-12(8-15)6-3-7-12/h2,4-5,13,15H,3,6-8H2,1H3. The highest BCUT2D eigenvalue weighted by molar-refractivity contribution is 7.89. The number of rotatable bonds is 5. The molecule has 20 heavy (non-hydrogen) atoms. The smallest absolute Gasteiger partial charge is 0.289 e. The van der Waals surface area contributed by atoms with Crippen LogP contribution in [0.15, 0.2) is 23.1 Å². The van der Waals surface area contributed by atoms with Gasteiger partial charge in [-0.25, -0.2) is 13.1 Å². The van der Waals surface area contributed by atoms with Gasteiger partial charge in [0, 0.05) is 6.07 Å². The number of aliphatic hydroxyl groups is 1. The van der Waals surface area contributed by atoms with Crippen LogP contribution in [-0.4, -0.2) is 30.6 Å². The average molecular weight is 300 g/mol. The third kappa shape index (κ3) is 2.54. The molecule has 0 aromatic heterocycles. The van der Waals surface area contributed by atoms with Crippen LogP contribution in [0.4, 0.5) is 5.69 Å². The van der Waals surface area contributed by atoms with Crippen molar-refractivity contribution in [1.29, 1.82) is 0 Å². The largest absolute Gasteiger partial charge is 0.394 e. The number of hydrogen-bond acceptors (Lipinski definition) is 5. The first kappa shape index (κ1) is 14.9. The van der Waals surface area contributed by atoms with E-state index in [0.29, 0.717) is 18.4 Å². The maximum Gasteiger partial charge on any atom is 0.289 e. The first-order valence-corrected chi connectivity index (χ1v) is 7.68. The topological polar surface area (TPSA) is 110 Å². The maximum absolute atomic E-state index is 12.4. The molecule has 2 N–H and O–H groups in total. The van der Waals surface area contributed by atoms with Crippen molar-refractivity contribution in [2.45, 2.75) is 36.6 Å². The highest BCUT2D eigenvalue weighted by Crippen LogP contribution is 2.35. The van der Waals surface area contributed by atoms with Gasteiger partial charge in [-0.2, -0.15) is 0 Å². The van der Waals surface area contributed by atoms with Gasteiger partial charge >= 0.3 is 0 Å². The second kappa shape index (κ2) is 5.12. The molecule has 0 unspecified atom stereocenters. The summed E-state index contributed by atoms with van der Waals surface area (Å²) in [7, 11) is -4.05. The SMILES string of the molecule is Cc1cccc([N+](=O)[O-])c1S(=O)(=O)NC1(CO)CCC1. The van der Waals surface area contributed by atoms with Crippen molar-refractivity contribution in [1.82, 2.24) is 4.72 Å². The maximum atomic E-state index is 12.4. The van der Waals surface area contributed by atoms with E-state index in [1.807, 2.05) is 0 Å². The summed E-state index contributed by atoms with van der Waals surface area (Å²) >= 11 is 0. The third-order valence-electron chi connectivity index (χ3n) is 3.62. The van der Waals surface area contributed by atoms with Gasteiger partial charge in [0.15, 0.2) is 4.90 Å². The number of aliphatic hydroxyl groups excluding tert-OH is 1. The Morgan fingerprint density at radius 3 is 2.55 bits per heavy atom.